The Balaban J connectivity index is 2.63. The number of hydrogen-bond acceptors (Lipinski definition) is 4. The van der Waals surface area contributed by atoms with Gasteiger partial charge in [0.05, 0.1) is 13.2 Å². The molecule has 0 bridgehead atoms. The highest BCUT2D eigenvalue weighted by atomic mass is 16.5. The molecular formula is C14H21NO3. The van der Waals surface area contributed by atoms with E-state index >= 15 is 0 Å². The number of rotatable bonds is 8. The summed E-state index contributed by atoms with van der Waals surface area (Å²) in [6.45, 7) is 7.06. The molecule has 1 atom stereocenters. The summed E-state index contributed by atoms with van der Waals surface area (Å²) in [6, 6.07) is 5.77. The van der Waals surface area contributed by atoms with Gasteiger partial charge in [0.2, 0.25) is 0 Å². The molecule has 0 saturated heterocycles. The molecule has 18 heavy (non-hydrogen) atoms. The number of hydrogen-bond donors (Lipinski definition) is 2. The van der Waals surface area contributed by atoms with E-state index < -0.39 is 0 Å². The second-order valence-corrected chi connectivity index (χ2v) is 4.06. The molecular weight excluding hydrogens is 230 g/mol. The first-order chi connectivity index (χ1) is 8.67. The van der Waals surface area contributed by atoms with Gasteiger partial charge in [-0.05, 0) is 24.6 Å². The molecule has 0 fully saturated rings. The van der Waals surface area contributed by atoms with Crippen LogP contribution >= 0.6 is 0 Å². The fraction of sp³-hybridized carbons (Fsp3) is 0.429. The van der Waals surface area contributed by atoms with Crippen LogP contribution in [0.4, 0.5) is 0 Å². The molecule has 1 aromatic carbocycles. The zero-order valence-corrected chi connectivity index (χ0v) is 11.0. The summed E-state index contributed by atoms with van der Waals surface area (Å²) in [5, 5.41) is 12.3. The van der Waals surface area contributed by atoms with E-state index in [1.807, 2.05) is 18.2 Å². The maximum atomic E-state index is 9.16. The Kier molecular flexibility index (Phi) is 6.25. The molecule has 1 rings (SSSR count). The van der Waals surface area contributed by atoms with Crippen LogP contribution < -0.4 is 14.8 Å². The number of aliphatic hydroxyl groups is 1. The van der Waals surface area contributed by atoms with Gasteiger partial charge in [-0.15, -0.1) is 0 Å². The van der Waals surface area contributed by atoms with Gasteiger partial charge in [-0.25, -0.2) is 0 Å². The SMILES string of the molecule is C=CCOc1ccc(CNC[C@H](C)O)cc1OC. The van der Waals surface area contributed by atoms with Gasteiger partial charge >= 0.3 is 0 Å². The van der Waals surface area contributed by atoms with Gasteiger partial charge < -0.3 is 19.9 Å². The molecule has 2 N–H and O–H groups in total. The second-order valence-electron chi connectivity index (χ2n) is 4.06. The normalized spacial score (nSPS) is 11.9. The monoisotopic (exact) mass is 251 g/mol. The van der Waals surface area contributed by atoms with E-state index in [1.165, 1.54) is 0 Å². The van der Waals surface area contributed by atoms with Crippen molar-refractivity contribution >= 4 is 0 Å². The third-order valence-electron chi connectivity index (χ3n) is 2.35. The molecule has 0 aliphatic heterocycles. The van der Waals surface area contributed by atoms with Crippen molar-refractivity contribution in [1.82, 2.24) is 5.32 Å². The van der Waals surface area contributed by atoms with Crippen molar-refractivity contribution in [2.45, 2.75) is 19.6 Å². The standard InChI is InChI=1S/C14H21NO3/c1-4-7-18-13-6-5-12(8-14(13)17-3)10-15-9-11(2)16/h4-6,8,11,15-16H,1,7,9-10H2,2-3H3/t11-/m0/s1. The summed E-state index contributed by atoms with van der Waals surface area (Å²) in [5.41, 5.74) is 1.08. The number of ether oxygens (including phenoxy) is 2. The Morgan fingerprint density at radius 2 is 2.22 bits per heavy atom. The predicted molar refractivity (Wildman–Crippen MR) is 72.1 cm³/mol. The Morgan fingerprint density at radius 3 is 2.83 bits per heavy atom. The summed E-state index contributed by atoms with van der Waals surface area (Å²) >= 11 is 0. The number of methoxy groups -OCH3 is 1. The molecule has 0 aromatic heterocycles. The molecule has 0 heterocycles. The number of nitrogens with one attached hydrogen (secondary N) is 1. The summed E-state index contributed by atoms with van der Waals surface area (Å²) < 4.78 is 10.7. The van der Waals surface area contributed by atoms with Crippen LogP contribution in [-0.2, 0) is 6.54 Å². The minimum Gasteiger partial charge on any atom is -0.493 e. The first-order valence-electron chi connectivity index (χ1n) is 5.96. The van der Waals surface area contributed by atoms with E-state index in [9.17, 15) is 0 Å². The highest BCUT2D eigenvalue weighted by molar-refractivity contribution is 5.43. The zero-order valence-electron chi connectivity index (χ0n) is 11.0. The molecule has 0 aliphatic rings. The first-order valence-corrected chi connectivity index (χ1v) is 5.96. The minimum absolute atomic E-state index is 0.345. The third-order valence-corrected chi connectivity index (χ3v) is 2.35. The lowest BCUT2D eigenvalue weighted by atomic mass is 10.2. The van der Waals surface area contributed by atoms with Gasteiger partial charge in [0.15, 0.2) is 11.5 Å². The predicted octanol–water partition coefficient (Wildman–Crippen LogP) is 1.73. The highest BCUT2D eigenvalue weighted by Crippen LogP contribution is 2.27. The third kappa shape index (κ3) is 4.77. The molecule has 0 radical (unpaired) electrons. The van der Waals surface area contributed by atoms with Crippen LogP contribution in [0.1, 0.15) is 12.5 Å². The van der Waals surface area contributed by atoms with Crippen molar-refractivity contribution < 1.29 is 14.6 Å². The summed E-state index contributed by atoms with van der Waals surface area (Å²) in [5.74, 6) is 1.41. The van der Waals surface area contributed by atoms with Gasteiger partial charge in [-0.2, -0.15) is 0 Å². The van der Waals surface area contributed by atoms with Gasteiger partial charge in [0.1, 0.15) is 6.61 Å². The van der Waals surface area contributed by atoms with Crippen molar-refractivity contribution in [3.05, 3.63) is 36.4 Å². The lowest BCUT2D eigenvalue weighted by molar-refractivity contribution is 0.191. The Morgan fingerprint density at radius 1 is 1.44 bits per heavy atom. The Hall–Kier alpha value is -1.52. The molecule has 1 aromatic rings. The van der Waals surface area contributed by atoms with Crippen LogP contribution in [0.25, 0.3) is 0 Å². The molecule has 0 unspecified atom stereocenters. The van der Waals surface area contributed by atoms with Crippen molar-refractivity contribution in [3.63, 3.8) is 0 Å². The number of benzene rings is 1. The van der Waals surface area contributed by atoms with Gasteiger partial charge in [-0.1, -0.05) is 18.7 Å². The molecule has 100 valence electrons. The summed E-state index contributed by atoms with van der Waals surface area (Å²) in [7, 11) is 1.61. The number of aliphatic hydroxyl groups excluding tert-OH is 1. The zero-order chi connectivity index (χ0) is 13.4. The molecule has 0 aliphatic carbocycles. The van der Waals surface area contributed by atoms with E-state index in [4.69, 9.17) is 14.6 Å². The van der Waals surface area contributed by atoms with Crippen molar-refractivity contribution in [2.75, 3.05) is 20.3 Å². The topological polar surface area (TPSA) is 50.7 Å². The van der Waals surface area contributed by atoms with Crippen molar-refractivity contribution in [3.8, 4) is 11.5 Å². The lowest BCUT2D eigenvalue weighted by Gasteiger charge is -2.12. The maximum absolute atomic E-state index is 9.16. The van der Waals surface area contributed by atoms with Crippen LogP contribution in [0.3, 0.4) is 0 Å². The second kappa shape index (κ2) is 7.74. The quantitative estimate of drug-likeness (QED) is 0.691. The van der Waals surface area contributed by atoms with E-state index in [0.29, 0.717) is 31.2 Å². The van der Waals surface area contributed by atoms with Gasteiger partial charge in [0.25, 0.3) is 0 Å². The van der Waals surface area contributed by atoms with E-state index in [-0.39, 0.29) is 6.10 Å². The van der Waals surface area contributed by atoms with Gasteiger partial charge in [-0.3, -0.25) is 0 Å². The average molecular weight is 251 g/mol. The molecule has 4 heteroatoms. The molecule has 0 amide bonds. The van der Waals surface area contributed by atoms with Crippen molar-refractivity contribution in [2.24, 2.45) is 0 Å². The van der Waals surface area contributed by atoms with Crippen LogP contribution in [-0.4, -0.2) is 31.5 Å². The lowest BCUT2D eigenvalue weighted by Crippen LogP contribution is -2.23. The smallest absolute Gasteiger partial charge is 0.161 e. The first kappa shape index (κ1) is 14.5. The Bertz CT molecular complexity index is 377. The molecule has 0 spiro atoms. The fourth-order valence-electron chi connectivity index (χ4n) is 1.52. The van der Waals surface area contributed by atoms with Crippen molar-refractivity contribution in [1.29, 1.82) is 0 Å². The minimum atomic E-state index is -0.345. The summed E-state index contributed by atoms with van der Waals surface area (Å²) in [4.78, 5) is 0. The maximum Gasteiger partial charge on any atom is 0.161 e. The van der Waals surface area contributed by atoms with Gasteiger partial charge in [0, 0.05) is 13.1 Å². The van der Waals surface area contributed by atoms with Crippen LogP contribution in [0, 0.1) is 0 Å². The summed E-state index contributed by atoms with van der Waals surface area (Å²) in [6.07, 6.45) is 1.35. The van der Waals surface area contributed by atoms with Crippen LogP contribution in [0.15, 0.2) is 30.9 Å². The molecule has 0 saturated carbocycles. The fourth-order valence-corrected chi connectivity index (χ4v) is 1.52. The largest absolute Gasteiger partial charge is 0.493 e. The van der Waals surface area contributed by atoms with Crippen LogP contribution in [0.5, 0.6) is 11.5 Å². The van der Waals surface area contributed by atoms with Crippen LogP contribution in [0.2, 0.25) is 0 Å². The van der Waals surface area contributed by atoms with E-state index in [1.54, 1.807) is 20.1 Å². The Labute approximate surface area is 108 Å². The average Bonchev–Trinajstić information content (AvgIpc) is 2.36. The molecule has 4 nitrogen and oxygen atoms in total. The highest BCUT2D eigenvalue weighted by Gasteiger charge is 2.05. The van der Waals surface area contributed by atoms with E-state index in [2.05, 4.69) is 11.9 Å². The van der Waals surface area contributed by atoms with E-state index in [0.717, 1.165) is 5.56 Å².